The number of carboxylic acids is 1. The first-order valence-corrected chi connectivity index (χ1v) is 4.48. The Hall–Kier alpha value is -1.10. The molecule has 0 aromatic carbocycles. The molecule has 1 heterocycles. The van der Waals surface area contributed by atoms with E-state index in [4.69, 9.17) is 9.84 Å². The van der Waals surface area contributed by atoms with Crippen LogP contribution >= 0.6 is 0 Å². The molecule has 1 aliphatic heterocycles. The van der Waals surface area contributed by atoms with Crippen LogP contribution < -0.4 is 0 Å². The lowest BCUT2D eigenvalue weighted by Gasteiger charge is -2.30. The van der Waals surface area contributed by atoms with Crippen molar-refractivity contribution >= 4 is 11.9 Å². The van der Waals surface area contributed by atoms with E-state index in [1.54, 1.807) is 20.8 Å². The summed E-state index contributed by atoms with van der Waals surface area (Å²) in [7, 11) is 0. The Bertz CT molecular complexity index is 274. The van der Waals surface area contributed by atoms with Gasteiger partial charge in [-0.2, -0.15) is 0 Å². The molecule has 0 aromatic rings. The van der Waals surface area contributed by atoms with Gasteiger partial charge in [-0.15, -0.1) is 0 Å². The van der Waals surface area contributed by atoms with Gasteiger partial charge < -0.3 is 9.84 Å². The van der Waals surface area contributed by atoms with Crippen LogP contribution in [0.1, 0.15) is 27.7 Å². The molecule has 1 N–H and O–H groups in total. The van der Waals surface area contributed by atoms with Crippen LogP contribution in [0.2, 0.25) is 0 Å². The predicted molar refractivity (Wildman–Crippen MR) is 48.6 cm³/mol. The molecule has 1 amide bonds. The number of rotatable bonds is 1. The third-order valence-corrected chi connectivity index (χ3v) is 2.37. The number of nitrogens with zero attached hydrogens (tertiary/aromatic N) is 1. The van der Waals surface area contributed by atoms with Crippen LogP contribution in [0.25, 0.3) is 0 Å². The lowest BCUT2D eigenvalue weighted by Crippen LogP contribution is -2.50. The van der Waals surface area contributed by atoms with Crippen molar-refractivity contribution in [2.24, 2.45) is 0 Å². The molecule has 2 unspecified atom stereocenters. The first-order chi connectivity index (χ1) is 6.27. The van der Waals surface area contributed by atoms with Crippen molar-refractivity contribution in [3.63, 3.8) is 0 Å². The minimum absolute atomic E-state index is 0.285. The number of hydrogen-bond donors (Lipinski definition) is 1. The number of carbonyl (C=O) groups excluding carboxylic acids is 1. The van der Waals surface area contributed by atoms with Crippen molar-refractivity contribution in [1.29, 1.82) is 0 Å². The van der Waals surface area contributed by atoms with E-state index in [1.165, 1.54) is 11.8 Å². The molecule has 80 valence electrons. The lowest BCUT2D eigenvalue weighted by atomic mass is 10.1. The summed E-state index contributed by atoms with van der Waals surface area (Å²) in [5.41, 5.74) is -0.839. The Balaban J connectivity index is 3.05. The maximum absolute atomic E-state index is 11.3. The molecule has 1 aliphatic rings. The van der Waals surface area contributed by atoms with Gasteiger partial charge in [0, 0.05) is 6.92 Å². The highest BCUT2D eigenvalue weighted by Crippen LogP contribution is 2.31. The molecule has 1 fully saturated rings. The fraction of sp³-hybridized carbons (Fsp3) is 0.778. The van der Waals surface area contributed by atoms with Crippen molar-refractivity contribution in [2.45, 2.75) is 45.6 Å². The summed E-state index contributed by atoms with van der Waals surface area (Å²) in [5, 5.41) is 8.96. The molecular weight excluding hydrogens is 186 g/mol. The quantitative estimate of drug-likeness (QED) is 0.668. The average molecular weight is 201 g/mol. The van der Waals surface area contributed by atoms with Gasteiger partial charge in [0.15, 0.2) is 6.04 Å². The molecule has 5 heteroatoms. The van der Waals surface area contributed by atoms with Crippen LogP contribution in [0.5, 0.6) is 0 Å². The van der Waals surface area contributed by atoms with E-state index < -0.39 is 23.8 Å². The van der Waals surface area contributed by atoms with Gasteiger partial charge in [0.1, 0.15) is 5.72 Å². The van der Waals surface area contributed by atoms with Crippen molar-refractivity contribution in [3.8, 4) is 0 Å². The summed E-state index contributed by atoms with van der Waals surface area (Å²) in [6, 6.07) is -0.887. The largest absolute Gasteiger partial charge is 0.480 e. The van der Waals surface area contributed by atoms with Crippen LogP contribution in [0.4, 0.5) is 0 Å². The third-order valence-electron chi connectivity index (χ3n) is 2.37. The van der Waals surface area contributed by atoms with Crippen LogP contribution in [0.15, 0.2) is 0 Å². The van der Waals surface area contributed by atoms with Gasteiger partial charge in [-0.3, -0.25) is 9.69 Å². The molecule has 0 bridgehead atoms. The number of hydrogen-bond acceptors (Lipinski definition) is 3. The summed E-state index contributed by atoms with van der Waals surface area (Å²) in [6.45, 7) is 6.38. The normalized spacial score (nSPS) is 30.4. The fourth-order valence-electron chi connectivity index (χ4n) is 2.01. The van der Waals surface area contributed by atoms with Gasteiger partial charge >= 0.3 is 5.97 Å². The molecule has 5 nitrogen and oxygen atoms in total. The number of aliphatic carboxylic acids is 1. The minimum Gasteiger partial charge on any atom is -0.480 e. The highest BCUT2D eigenvalue weighted by atomic mass is 16.5. The molecule has 1 rings (SSSR count). The summed E-state index contributed by atoms with van der Waals surface area (Å²) in [4.78, 5) is 23.5. The highest BCUT2D eigenvalue weighted by molar-refractivity contribution is 5.83. The van der Waals surface area contributed by atoms with Crippen molar-refractivity contribution in [2.75, 3.05) is 0 Å². The number of carbonyl (C=O) groups is 2. The van der Waals surface area contributed by atoms with Crippen LogP contribution in [0, 0.1) is 0 Å². The van der Waals surface area contributed by atoms with Gasteiger partial charge in [-0.25, -0.2) is 4.79 Å². The van der Waals surface area contributed by atoms with Crippen LogP contribution in [-0.2, 0) is 14.3 Å². The predicted octanol–water partition coefficient (Wildman–Crippen LogP) is 0.443. The van der Waals surface area contributed by atoms with Crippen molar-refractivity contribution in [1.82, 2.24) is 4.90 Å². The monoisotopic (exact) mass is 201 g/mol. The SMILES string of the molecule is CC(=O)N1C(C(=O)O)C(C)OC1(C)C. The molecule has 14 heavy (non-hydrogen) atoms. The molecule has 0 radical (unpaired) electrons. The standard InChI is InChI=1S/C9H15NO4/c1-5-7(8(12)13)10(6(2)11)9(3,4)14-5/h5,7H,1-4H3,(H,12,13). The molecule has 2 atom stereocenters. The Morgan fingerprint density at radius 1 is 1.43 bits per heavy atom. The number of carboxylic acid groups (broad SMARTS) is 1. The zero-order chi connectivity index (χ0) is 11.1. The Morgan fingerprint density at radius 3 is 2.21 bits per heavy atom. The zero-order valence-corrected chi connectivity index (χ0v) is 8.77. The molecular formula is C9H15NO4. The summed E-state index contributed by atoms with van der Waals surface area (Å²) < 4.78 is 5.42. The average Bonchev–Trinajstić information content (AvgIpc) is 2.19. The van der Waals surface area contributed by atoms with Crippen LogP contribution in [-0.4, -0.2) is 39.8 Å². The fourth-order valence-corrected chi connectivity index (χ4v) is 2.01. The second-order valence-electron chi connectivity index (χ2n) is 3.94. The van der Waals surface area contributed by atoms with E-state index in [0.717, 1.165) is 0 Å². The minimum atomic E-state index is -1.03. The molecule has 0 saturated carbocycles. The van der Waals surface area contributed by atoms with Gasteiger partial charge in [-0.05, 0) is 20.8 Å². The lowest BCUT2D eigenvalue weighted by molar-refractivity contribution is -0.153. The Kier molecular flexibility index (Phi) is 2.54. The van der Waals surface area contributed by atoms with Gasteiger partial charge in [-0.1, -0.05) is 0 Å². The first-order valence-electron chi connectivity index (χ1n) is 4.48. The first kappa shape index (κ1) is 11.0. The van der Waals surface area contributed by atoms with E-state index in [9.17, 15) is 9.59 Å². The van der Waals surface area contributed by atoms with E-state index in [-0.39, 0.29) is 5.91 Å². The molecule has 0 spiro atoms. The van der Waals surface area contributed by atoms with Crippen molar-refractivity contribution in [3.05, 3.63) is 0 Å². The van der Waals surface area contributed by atoms with E-state index >= 15 is 0 Å². The zero-order valence-electron chi connectivity index (χ0n) is 8.77. The van der Waals surface area contributed by atoms with Crippen molar-refractivity contribution < 1.29 is 19.4 Å². The summed E-state index contributed by atoms with van der Waals surface area (Å²) in [6.07, 6.45) is -0.480. The maximum atomic E-state index is 11.3. The Labute approximate surface area is 82.6 Å². The highest BCUT2D eigenvalue weighted by Gasteiger charge is 2.50. The third kappa shape index (κ3) is 1.59. The summed E-state index contributed by atoms with van der Waals surface area (Å²) in [5.74, 6) is -1.31. The van der Waals surface area contributed by atoms with E-state index in [1.807, 2.05) is 0 Å². The van der Waals surface area contributed by atoms with Gasteiger partial charge in [0.2, 0.25) is 5.91 Å². The smallest absolute Gasteiger partial charge is 0.329 e. The molecule has 1 saturated heterocycles. The second-order valence-corrected chi connectivity index (χ2v) is 3.94. The number of ether oxygens (including phenoxy) is 1. The van der Waals surface area contributed by atoms with E-state index in [2.05, 4.69) is 0 Å². The molecule has 0 aromatic heterocycles. The molecule has 0 aliphatic carbocycles. The summed E-state index contributed by atoms with van der Waals surface area (Å²) >= 11 is 0. The van der Waals surface area contributed by atoms with Crippen LogP contribution in [0.3, 0.4) is 0 Å². The number of amides is 1. The van der Waals surface area contributed by atoms with Gasteiger partial charge in [0.05, 0.1) is 6.10 Å². The Morgan fingerprint density at radius 2 is 1.93 bits per heavy atom. The topological polar surface area (TPSA) is 66.8 Å². The second kappa shape index (κ2) is 3.24. The van der Waals surface area contributed by atoms with E-state index in [0.29, 0.717) is 0 Å². The maximum Gasteiger partial charge on any atom is 0.329 e. The van der Waals surface area contributed by atoms with Gasteiger partial charge in [0.25, 0.3) is 0 Å².